The lowest BCUT2D eigenvalue weighted by molar-refractivity contribution is -0.137. The number of benzene rings is 1. The van der Waals surface area contributed by atoms with Gasteiger partial charge in [0, 0.05) is 29.1 Å². The number of carboxylic acid groups (broad SMARTS) is 1. The van der Waals surface area contributed by atoms with Crippen LogP contribution < -0.4 is 4.74 Å². The van der Waals surface area contributed by atoms with Gasteiger partial charge in [-0.05, 0) is 31.2 Å². The van der Waals surface area contributed by atoms with Gasteiger partial charge in [-0.25, -0.2) is 0 Å². The Labute approximate surface area is 112 Å². The largest absolute Gasteiger partial charge is 0.497 e. The quantitative estimate of drug-likeness (QED) is 0.898. The van der Waals surface area contributed by atoms with Crippen LogP contribution in [0.2, 0.25) is 0 Å². The van der Waals surface area contributed by atoms with E-state index in [9.17, 15) is 4.79 Å². The van der Waals surface area contributed by atoms with E-state index >= 15 is 0 Å². The number of aliphatic carboxylic acids is 1. The number of aromatic nitrogens is 1. The van der Waals surface area contributed by atoms with Gasteiger partial charge in [0.1, 0.15) is 5.75 Å². The number of ether oxygens (including phenoxy) is 1. The number of carbonyl (C=O) groups is 1. The third-order valence-electron chi connectivity index (χ3n) is 3.44. The molecule has 2 aromatic rings. The number of hydrogen-bond donors (Lipinski definition) is 1. The van der Waals surface area contributed by atoms with Crippen LogP contribution in [0, 0.1) is 0 Å². The number of nitrogens with zero attached hydrogens (tertiary/aromatic N) is 1. The number of rotatable bonds is 5. The molecule has 0 amide bonds. The van der Waals surface area contributed by atoms with Gasteiger partial charge in [-0.1, -0.05) is 6.92 Å². The summed E-state index contributed by atoms with van der Waals surface area (Å²) in [6.07, 6.45) is 0.146. The predicted molar refractivity (Wildman–Crippen MR) is 74.8 cm³/mol. The molecule has 1 aromatic heterocycles. The summed E-state index contributed by atoms with van der Waals surface area (Å²) in [5, 5.41) is 10.0. The first kappa shape index (κ1) is 13.5. The maximum absolute atomic E-state index is 10.9. The van der Waals surface area contributed by atoms with E-state index in [2.05, 4.69) is 17.6 Å². The SMILES string of the molecule is CCn1c(C(C)CC(=O)O)cc2cc(OC)ccc21. The lowest BCUT2D eigenvalue weighted by Crippen LogP contribution is -2.08. The van der Waals surface area contributed by atoms with E-state index in [4.69, 9.17) is 9.84 Å². The lowest BCUT2D eigenvalue weighted by atomic mass is 10.0. The normalized spacial score (nSPS) is 12.6. The molecule has 1 N–H and O–H groups in total. The average molecular weight is 261 g/mol. The van der Waals surface area contributed by atoms with Gasteiger partial charge in [0.15, 0.2) is 0 Å². The molecular weight excluding hydrogens is 242 g/mol. The molecule has 102 valence electrons. The molecule has 1 atom stereocenters. The molecule has 1 unspecified atom stereocenters. The molecule has 1 aromatic carbocycles. The van der Waals surface area contributed by atoms with Gasteiger partial charge in [-0.2, -0.15) is 0 Å². The highest BCUT2D eigenvalue weighted by molar-refractivity contribution is 5.83. The minimum Gasteiger partial charge on any atom is -0.497 e. The van der Waals surface area contributed by atoms with E-state index in [1.165, 1.54) is 0 Å². The molecule has 2 rings (SSSR count). The fraction of sp³-hybridized carbons (Fsp3) is 0.400. The van der Waals surface area contributed by atoms with E-state index < -0.39 is 5.97 Å². The Balaban J connectivity index is 2.51. The zero-order chi connectivity index (χ0) is 14.0. The molecule has 0 aliphatic carbocycles. The summed E-state index contributed by atoms with van der Waals surface area (Å²) in [6, 6.07) is 8.00. The lowest BCUT2D eigenvalue weighted by Gasteiger charge is -2.13. The molecule has 0 saturated heterocycles. The maximum Gasteiger partial charge on any atom is 0.304 e. The first-order chi connectivity index (χ1) is 9.06. The third-order valence-corrected chi connectivity index (χ3v) is 3.44. The highest BCUT2D eigenvalue weighted by Crippen LogP contribution is 2.29. The van der Waals surface area contributed by atoms with Gasteiger partial charge in [-0.15, -0.1) is 0 Å². The zero-order valence-electron chi connectivity index (χ0n) is 11.5. The van der Waals surface area contributed by atoms with Crippen LogP contribution in [-0.4, -0.2) is 22.8 Å². The van der Waals surface area contributed by atoms with E-state index in [-0.39, 0.29) is 12.3 Å². The number of hydrogen-bond acceptors (Lipinski definition) is 2. The molecule has 4 nitrogen and oxygen atoms in total. The van der Waals surface area contributed by atoms with Gasteiger partial charge in [0.05, 0.1) is 13.5 Å². The Kier molecular flexibility index (Phi) is 3.79. The van der Waals surface area contributed by atoms with Crippen molar-refractivity contribution in [1.82, 2.24) is 4.57 Å². The summed E-state index contributed by atoms with van der Waals surface area (Å²) in [6.45, 7) is 4.85. The first-order valence-electron chi connectivity index (χ1n) is 6.45. The minimum atomic E-state index is -0.766. The summed E-state index contributed by atoms with van der Waals surface area (Å²) in [5.74, 6) is 0.0482. The van der Waals surface area contributed by atoms with Crippen molar-refractivity contribution in [3.63, 3.8) is 0 Å². The van der Waals surface area contributed by atoms with Crippen molar-refractivity contribution in [1.29, 1.82) is 0 Å². The van der Waals surface area contributed by atoms with Crippen molar-refractivity contribution in [3.05, 3.63) is 30.0 Å². The summed E-state index contributed by atoms with van der Waals surface area (Å²) in [4.78, 5) is 10.9. The smallest absolute Gasteiger partial charge is 0.304 e. The molecule has 0 aliphatic rings. The molecular formula is C15H19NO3. The van der Waals surface area contributed by atoms with Crippen molar-refractivity contribution < 1.29 is 14.6 Å². The van der Waals surface area contributed by atoms with Gasteiger partial charge in [0.25, 0.3) is 0 Å². The molecule has 0 radical (unpaired) electrons. The van der Waals surface area contributed by atoms with Crippen molar-refractivity contribution in [2.45, 2.75) is 32.7 Å². The number of aryl methyl sites for hydroxylation is 1. The van der Waals surface area contributed by atoms with Gasteiger partial charge >= 0.3 is 5.97 Å². The predicted octanol–water partition coefficient (Wildman–Crippen LogP) is 3.25. The first-order valence-corrected chi connectivity index (χ1v) is 6.45. The van der Waals surface area contributed by atoms with Crippen LogP contribution in [0.5, 0.6) is 5.75 Å². The maximum atomic E-state index is 10.9. The second kappa shape index (κ2) is 5.34. The fourth-order valence-corrected chi connectivity index (χ4v) is 2.53. The van der Waals surface area contributed by atoms with Gasteiger partial charge in [-0.3, -0.25) is 4.79 Å². The average Bonchev–Trinajstić information content (AvgIpc) is 2.75. The Morgan fingerprint density at radius 1 is 1.42 bits per heavy atom. The fourth-order valence-electron chi connectivity index (χ4n) is 2.53. The third kappa shape index (κ3) is 2.57. The van der Waals surface area contributed by atoms with Crippen LogP contribution in [0.15, 0.2) is 24.3 Å². The Bertz CT molecular complexity index is 601. The molecule has 0 spiro atoms. The van der Waals surface area contributed by atoms with Crippen LogP contribution in [0.25, 0.3) is 10.9 Å². The Hall–Kier alpha value is -1.97. The number of methoxy groups -OCH3 is 1. The Morgan fingerprint density at radius 2 is 2.16 bits per heavy atom. The number of carboxylic acids is 1. The standard InChI is InChI=1S/C15H19NO3/c1-4-16-13-6-5-12(19-3)8-11(13)9-14(16)10(2)7-15(17)18/h5-6,8-10H,4,7H2,1-3H3,(H,17,18). The second-order valence-electron chi connectivity index (χ2n) is 4.74. The monoisotopic (exact) mass is 261 g/mol. The summed E-state index contributed by atoms with van der Waals surface area (Å²) in [7, 11) is 1.64. The number of fused-ring (bicyclic) bond motifs is 1. The molecule has 4 heteroatoms. The van der Waals surface area contributed by atoms with Gasteiger partial charge in [0.2, 0.25) is 0 Å². The summed E-state index contributed by atoms with van der Waals surface area (Å²) in [5.41, 5.74) is 2.18. The molecule has 0 saturated carbocycles. The van der Waals surface area contributed by atoms with Crippen LogP contribution in [0.1, 0.15) is 31.9 Å². The topological polar surface area (TPSA) is 51.5 Å². The van der Waals surface area contributed by atoms with Crippen LogP contribution >= 0.6 is 0 Å². The van der Waals surface area contributed by atoms with Crippen LogP contribution in [-0.2, 0) is 11.3 Å². The van der Waals surface area contributed by atoms with Crippen molar-refractivity contribution in [3.8, 4) is 5.75 Å². The highest BCUT2D eigenvalue weighted by atomic mass is 16.5. The van der Waals surface area contributed by atoms with Crippen molar-refractivity contribution in [2.24, 2.45) is 0 Å². The van der Waals surface area contributed by atoms with E-state index in [0.717, 1.165) is 28.9 Å². The minimum absolute atomic E-state index is 0.00385. The van der Waals surface area contributed by atoms with E-state index in [1.807, 2.05) is 25.1 Å². The van der Waals surface area contributed by atoms with Crippen molar-refractivity contribution in [2.75, 3.05) is 7.11 Å². The zero-order valence-corrected chi connectivity index (χ0v) is 11.5. The highest BCUT2D eigenvalue weighted by Gasteiger charge is 2.16. The molecule has 0 aliphatic heterocycles. The van der Waals surface area contributed by atoms with Crippen LogP contribution in [0.3, 0.4) is 0 Å². The van der Waals surface area contributed by atoms with Crippen LogP contribution in [0.4, 0.5) is 0 Å². The van der Waals surface area contributed by atoms with E-state index in [0.29, 0.717) is 0 Å². The van der Waals surface area contributed by atoms with E-state index in [1.54, 1.807) is 7.11 Å². The molecule has 0 bridgehead atoms. The molecule has 1 heterocycles. The Morgan fingerprint density at radius 3 is 2.74 bits per heavy atom. The summed E-state index contributed by atoms with van der Waals surface area (Å²) < 4.78 is 7.40. The summed E-state index contributed by atoms with van der Waals surface area (Å²) >= 11 is 0. The second-order valence-corrected chi connectivity index (χ2v) is 4.74. The van der Waals surface area contributed by atoms with Crippen molar-refractivity contribution >= 4 is 16.9 Å². The van der Waals surface area contributed by atoms with Gasteiger partial charge < -0.3 is 14.4 Å². The molecule has 0 fully saturated rings. The molecule has 19 heavy (non-hydrogen) atoms.